The first-order chi connectivity index (χ1) is 10.1. The summed E-state index contributed by atoms with van der Waals surface area (Å²) < 4.78 is 23.9. The molecule has 1 unspecified atom stereocenters. The lowest BCUT2D eigenvalue weighted by Crippen LogP contribution is -2.22. The van der Waals surface area contributed by atoms with Gasteiger partial charge in [-0.05, 0) is 49.4 Å². The minimum atomic E-state index is -0.426. The summed E-state index contributed by atoms with van der Waals surface area (Å²) >= 11 is 5.73. The molecule has 21 heavy (non-hydrogen) atoms. The second-order valence-corrected chi connectivity index (χ2v) is 5.02. The van der Waals surface area contributed by atoms with E-state index in [4.69, 9.17) is 21.1 Å². The predicted octanol–water partition coefficient (Wildman–Crippen LogP) is 4.37. The fourth-order valence-electron chi connectivity index (χ4n) is 1.80. The average molecular weight is 310 g/mol. The number of halogens is 2. The van der Waals surface area contributed by atoms with Gasteiger partial charge < -0.3 is 14.8 Å². The Morgan fingerprint density at radius 1 is 1.14 bits per heavy atom. The number of benzene rings is 2. The van der Waals surface area contributed by atoms with Crippen LogP contribution >= 0.6 is 11.6 Å². The molecule has 0 amide bonds. The van der Waals surface area contributed by atoms with Crippen molar-refractivity contribution < 1.29 is 13.9 Å². The fourth-order valence-corrected chi connectivity index (χ4v) is 1.98. The third-order valence-electron chi connectivity index (χ3n) is 2.91. The average Bonchev–Trinajstić information content (AvgIpc) is 2.49. The minimum absolute atomic E-state index is 0.0535. The Balaban J connectivity index is 1.86. The van der Waals surface area contributed by atoms with Crippen LogP contribution in [0.15, 0.2) is 42.5 Å². The Morgan fingerprint density at radius 2 is 1.81 bits per heavy atom. The molecule has 1 atom stereocenters. The third-order valence-corrected chi connectivity index (χ3v) is 3.20. The number of ether oxygens (including phenoxy) is 2. The van der Waals surface area contributed by atoms with Crippen LogP contribution in [0.5, 0.6) is 11.5 Å². The van der Waals surface area contributed by atoms with Gasteiger partial charge in [0.1, 0.15) is 23.4 Å². The van der Waals surface area contributed by atoms with Gasteiger partial charge in [0.05, 0.1) is 18.7 Å². The highest BCUT2D eigenvalue weighted by Gasteiger charge is 2.06. The quantitative estimate of drug-likeness (QED) is 0.859. The van der Waals surface area contributed by atoms with Crippen molar-refractivity contribution >= 4 is 17.3 Å². The molecule has 0 fully saturated rings. The van der Waals surface area contributed by atoms with E-state index < -0.39 is 5.82 Å². The first-order valence-electron chi connectivity index (χ1n) is 6.58. The van der Waals surface area contributed by atoms with E-state index in [1.165, 1.54) is 6.07 Å². The highest BCUT2D eigenvalue weighted by atomic mass is 35.5. The van der Waals surface area contributed by atoms with Crippen molar-refractivity contribution in [3.63, 3.8) is 0 Å². The van der Waals surface area contributed by atoms with E-state index >= 15 is 0 Å². The zero-order valence-electron chi connectivity index (χ0n) is 11.9. The molecule has 5 heteroatoms. The van der Waals surface area contributed by atoms with Gasteiger partial charge in [-0.1, -0.05) is 11.6 Å². The largest absolute Gasteiger partial charge is 0.497 e. The number of hydrogen-bond donors (Lipinski definition) is 1. The molecular weight excluding hydrogens is 293 g/mol. The van der Waals surface area contributed by atoms with Gasteiger partial charge >= 0.3 is 0 Å². The molecule has 0 saturated heterocycles. The van der Waals surface area contributed by atoms with Crippen LogP contribution in [0.3, 0.4) is 0 Å². The Labute approximate surface area is 128 Å². The van der Waals surface area contributed by atoms with Crippen LogP contribution in [0.1, 0.15) is 6.92 Å². The molecule has 112 valence electrons. The molecule has 0 bridgehead atoms. The number of hydrogen-bond acceptors (Lipinski definition) is 3. The topological polar surface area (TPSA) is 30.5 Å². The highest BCUT2D eigenvalue weighted by Crippen LogP contribution is 2.20. The molecule has 3 nitrogen and oxygen atoms in total. The molecule has 0 spiro atoms. The summed E-state index contributed by atoms with van der Waals surface area (Å²) in [7, 11) is 1.62. The number of rotatable bonds is 6. The number of anilines is 1. The van der Waals surface area contributed by atoms with Gasteiger partial charge in [-0.2, -0.15) is 0 Å². The molecule has 1 N–H and O–H groups in total. The second kappa shape index (κ2) is 7.18. The van der Waals surface area contributed by atoms with Crippen LogP contribution in [0.25, 0.3) is 0 Å². The molecule has 0 heterocycles. The van der Waals surface area contributed by atoms with E-state index in [2.05, 4.69) is 5.32 Å². The first kappa shape index (κ1) is 15.4. The lowest BCUT2D eigenvalue weighted by Gasteiger charge is -2.16. The minimum Gasteiger partial charge on any atom is -0.497 e. The van der Waals surface area contributed by atoms with Gasteiger partial charge in [-0.15, -0.1) is 0 Å². The van der Waals surface area contributed by atoms with E-state index in [0.717, 1.165) is 17.2 Å². The molecule has 0 saturated carbocycles. The zero-order chi connectivity index (χ0) is 15.2. The van der Waals surface area contributed by atoms with Crippen LogP contribution < -0.4 is 14.8 Å². The van der Waals surface area contributed by atoms with Gasteiger partial charge in [-0.3, -0.25) is 0 Å². The van der Waals surface area contributed by atoms with Gasteiger partial charge in [0, 0.05) is 5.69 Å². The van der Waals surface area contributed by atoms with E-state index in [-0.39, 0.29) is 11.1 Å². The van der Waals surface area contributed by atoms with Crippen molar-refractivity contribution in [3.05, 3.63) is 53.3 Å². The third kappa shape index (κ3) is 4.53. The Morgan fingerprint density at radius 3 is 2.43 bits per heavy atom. The van der Waals surface area contributed by atoms with Crippen molar-refractivity contribution in [2.45, 2.75) is 13.0 Å². The molecule has 0 radical (unpaired) electrons. The standard InChI is InChI=1S/C16H17ClFNO2/c1-11(21-14-6-4-13(20-2)5-7-14)10-19-12-3-8-16(18)15(17)9-12/h3-9,11,19H,10H2,1-2H3. The van der Waals surface area contributed by atoms with Gasteiger partial charge in [0.15, 0.2) is 0 Å². The summed E-state index contributed by atoms with van der Waals surface area (Å²) in [6.45, 7) is 2.52. The highest BCUT2D eigenvalue weighted by molar-refractivity contribution is 6.31. The normalized spacial score (nSPS) is 11.8. The zero-order valence-corrected chi connectivity index (χ0v) is 12.7. The molecule has 2 aromatic rings. The lowest BCUT2D eigenvalue weighted by atomic mass is 10.3. The molecule has 2 aromatic carbocycles. The Kier molecular flexibility index (Phi) is 5.28. The van der Waals surface area contributed by atoms with Gasteiger partial charge in [0.2, 0.25) is 0 Å². The van der Waals surface area contributed by atoms with Crippen molar-refractivity contribution in [2.24, 2.45) is 0 Å². The number of nitrogens with one attached hydrogen (secondary N) is 1. The maximum atomic E-state index is 13.1. The van der Waals surface area contributed by atoms with Crippen LogP contribution in [0, 0.1) is 5.82 Å². The SMILES string of the molecule is COc1ccc(OC(C)CNc2ccc(F)c(Cl)c2)cc1. The smallest absolute Gasteiger partial charge is 0.141 e. The maximum Gasteiger partial charge on any atom is 0.141 e. The molecular formula is C16H17ClFNO2. The Bertz CT molecular complexity index is 589. The Hall–Kier alpha value is -1.94. The predicted molar refractivity (Wildman–Crippen MR) is 83.0 cm³/mol. The van der Waals surface area contributed by atoms with Crippen LogP contribution in [0.2, 0.25) is 5.02 Å². The van der Waals surface area contributed by atoms with Crippen LogP contribution in [-0.2, 0) is 0 Å². The summed E-state index contributed by atoms with van der Waals surface area (Å²) in [6.07, 6.45) is -0.0535. The van der Waals surface area contributed by atoms with Crippen molar-refractivity contribution in [3.8, 4) is 11.5 Å². The van der Waals surface area contributed by atoms with E-state index in [0.29, 0.717) is 6.54 Å². The van der Waals surface area contributed by atoms with E-state index in [1.807, 2.05) is 31.2 Å². The summed E-state index contributed by atoms with van der Waals surface area (Å²) in [5.41, 5.74) is 0.756. The van der Waals surface area contributed by atoms with Crippen LogP contribution in [-0.4, -0.2) is 19.8 Å². The molecule has 0 aliphatic heterocycles. The monoisotopic (exact) mass is 309 g/mol. The fraction of sp³-hybridized carbons (Fsp3) is 0.250. The van der Waals surface area contributed by atoms with Crippen LogP contribution in [0.4, 0.5) is 10.1 Å². The van der Waals surface area contributed by atoms with Gasteiger partial charge in [-0.25, -0.2) is 4.39 Å². The molecule has 2 rings (SSSR count). The van der Waals surface area contributed by atoms with Crippen molar-refractivity contribution in [2.75, 3.05) is 19.0 Å². The first-order valence-corrected chi connectivity index (χ1v) is 6.96. The van der Waals surface area contributed by atoms with E-state index in [1.54, 1.807) is 19.2 Å². The second-order valence-electron chi connectivity index (χ2n) is 4.61. The lowest BCUT2D eigenvalue weighted by molar-refractivity contribution is 0.234. The molecule has 0 aliphatic carbocycles. The summed E-state index contributed by atoms with van der Waals surface area (Å²) in [5.74, 6) is 1.13. The van der Waals surface area contributed by atoms with Crippen molar-refractivity contribution in [1.29, 1.82) is 0 Å². The summed E-state index contributed by atoms with van der Waals surface area (Å²) in [4.78, 5) is 0. The molecule has 0 aliphatic rings. The molecule has 0 aromatic heterocycles. The van der Waals surface area contributed by atoms with E-state index in [9.17, 15) is 4.39 Å². The van der Waals surface area contributed by atoms with Gasteiger partial charge in [0.25, 0.3) is 0 Å². The summed E-state index contributed by atoms with van der Waals surface area (Å²) in [5, 5.41) is 3.26. The van der Waals surface area contributed by atoms with Crippen molar-refractivity contribution in [1.82, 2.24) is 0 Å². The summed E-state index contributed by atoms with van der Waals surface area (Å²) in [6, 6.07) is 11.9. The number of methoxy groups -OCH3 is 1. The maximum absolute atomic E-state index is 13.1.